The Hall–Kier alpha value is -2.04. The molecule has 2 fully saturated rings. The van der Waals surface area contributed by atoms with Gasteiger partial charge in [-0.05, 0) is 97.6 Å². The summed E-state index contributed by atoms with van der Waals surface area (Å²) in [5.41, 5.74) is 1.08. The maximum Gasteiger partial charge on any atom is 0.194 e. The molecule has 0 radical (unpaired) electrons. The van der Waals surface area contributed by atoms with Crippen LogP contribution in [-0.4, -0.2) is 0 Å². The van der Waals surface area contributed by atoms with Gasteiger partial charge in [0.15, 0.2) is 17.5 Å². The molecule has 0 spiro atoms. The zero-order valence-electron chi connectivity index (χ0n) is 19.4. The van der Waals surface area contributed by atoms with Gasteiger partial charge in [0.25, 0.3) is 0 Å². The number of hydrogen-bond acceptors (Lipinski definition) is 1. The zero-order chi connectivity index (χ0) is 23.4. The van der Waals surface area contributed by atoms with Crippen molar-refractivity contribution in [1.82, 2.24) is 0 Å². The molecule has 0 amide bonds. The van der Waals surface area contributed by atoms with Gasteiger partial charge in [0.05, 0.1) is 0 Å². The van der Waals surface area contributed by atoms with E-state index >= 15 is 0 Å². The van der Waals surface area contributed by atoms with Crippen molar-refractivity contribution in [1.29, 1.82) is 0 Å². The van der Waals surface area contributed by atoms with Gasteiger partial charge in [-0.1, -0.05) is 32.6 Å². The topological polar surface area (TPSA) is 9.23 Å². The molecule has 2 aromatic rings. The summed E-state index contributed by atoms with van der Waals surface area (Å²) >= 11 is 0. The van der Waals surface area contributed by atoms with Gasteiger partial charge in [0.2, 0.25) is 0 Å². The molecule has 2 aromatic carbocycles. The van der Waals surface area contributed by atoms with E-state index < -0.39 is 17.5 Å². The average molecular weight is 463 g/mol. The fourth-order valence-electron chi connectivity index (χ4n) is 6.04. The second kappa shape index (κ2) is 10.9. The van der Waals surface area contributed by atoms with Crippen molar-refractivity contribution in [3.05, 3.63) is 64.7 Å². The molecule has 0 unspecified atom stereocenters. The number of ether oxygens (including phenoxy) is 1. The molecule has 33 heavy (non-hydrogen) atoms. The molecule has 4 rings (SSSR count). The highest BCUT2D eigenvalue weighted by molar-refractivity contribution is 5.32. The van der Waals surface area contributed by atoms with Crippen LogP contribution in [0.15, 0.2) is 30.3 Å². The molecular weight excluding hydrogens is 428 g/mol. The van der Waals surface area contributed by atoms with Gasteiger partial charge in [0.1, 0.15) is 18.2 Å². The molecule has 0 aliphatic heterocycles. The minimum absolute atomic E-state index is 0.159. The van der Waals surface area contributed by atoms with Crippen LogP contribution in [0.3, 0.4) is 0 Å². The number of rotatable bonds is 7. The lowest BCUT2D eigenvalue weighted by molar-refractivity contribution is 0.156. The summed E-state index contributed by atoms with van der Waals surface area (Å²) in [4.78, 5) is 0. The molecule has 180 valence electrons. The first-order chi connectivity index (χ1) is 15.9. The minimum Gasteiger partial charge on any atom is -0.489 e. The lowest BCUT2D eigenvalue weighted by atomic mass is 9.68. The van der Waals surface area contributed by atoms with E-state index in [-0.39, 0.29) is 18.0 Å². The summed E-state index contributed by atoms with van der Waals surface area (Å²) in [6.07, 6.45) is 12.6. The monoisotopic (exact) mass is 462 g/mol. The number of hydrogen-bond donors (Lipinski definition) is 0. The van der Waals surface area contributed by atoms with Gasteiger partial charge >= 0.3 is 0 Å². The Labute approximate surface area is 194 Å². The van der Waals surface area contributed by atoms with Crippen molar-refractivity contribution in [2.24, 2.45) is 17.8 Å². The Morgan fingerprint density at radius 3 is 1.97 bits per heavy atom. The van der Waals surface area contributed by atoms with Crippen LogP contribution in [-0.2, 0) is 6.61 Å². The minimum atomic E-state index is -1.50. The maximum atomic E-state index is 14.3. The number of halogens is 4. The van der Waals surface area contributed by atoms with Crippen molar-refractivity contribution in [3.8, 4) is 5.75 Å². The predicted octanol–water partition coefficient (Wildman–Crippen LogP) is 8.70. The standard InChI is InChI=1S/C28H34F4O/c1-2-3-18-4-6-20(7-5-18)21-8-10-22(11-9-21)23-14-24(29)16-25(15-23)33-17-19-12-26(30)28(32)27(31)13-19/h12-16,18,20-22H,2-11,17H2,1H3. The van der Waals surface area contributed by atoms with Crippen LogP contribution in [0, 0.1) is 41.0 Å². The zero-order valence-corrected chi connectivity index (χ0v) is 19.4. The van der Waals surface area contributed by atoms with E-state index in [0.29, 0.717) is 11.7 Å². The fraction of sp³-hybridized carbons (Fsp3) is 0.571. The summed E-state index contributed by atoms with van der Waals surface area (Å²) in [5.74, 6) is -1.21. The Morgan fingerprint density at radius 1 is 0.758 bits per heavy atom. The Balaban J connectivity index is 1.33. The first-order valence-corrected chi connectivity index (χ1v) is 12.5. The van der Waals surface area contributed by atoms with E-state index in [9.17, 15) is 17.6 Å². The van der Waals surface area contributed by atoms with E-state index in [4.69, 9.17) is 4.74 Å². The van der Waals surface area contributed by atoms with Gasteiger partial charge in [-0.25, -0.2) is 17.6 Å². The van der Waals surface area contributed by atoms with Gasteiger partial charge in [-0.2, -0.15) is 0 Å². The van der Waals surface area contributed by atoms with Crippen molar-refractivity contribution in [3.63, 3.8) is 0 Å². The first-order valence-electron chi connectivity index (χ1n) is 12.5. The first kappa shape index (κ1) is 24.1. The molecule has 2 aliphatic rings. The predicted molar refractivity (Wildman–Crippen MR) is 122 cm³/mol. The molecule has 0 aromatic heterocycles. The second-order valence-corrected chi connectivity index (χ2v) is 10.1. The van der Waals surface area contributed by atoms with E-state index in [1.54, 1.807) is 6.07 Å². The molecule has 2 saturated carbocycles. The summed E-state index contributed by atoms with van der Waals surface area (Å²) in [6, 6.07) is 6.48. The van der Waals surface area contributed by atoms with Crippen LogP contribution in [0.25, 0.3) is 0 Å². The quantitative estimate of drug-likeness (QED) is 0.295. The Morgan fingerprint density at radius 2 is 1.36 bits per heavy atom. The maximum absolute atomic E-state index is 14.3. The van der Waals surface area contributed by atoms with E-state index in [0.717, 1.165) is 48.3 Å². The van der Waals surface area contributed by atoms with Crippen LogP contribution in [0.2, 0.25) is 0 Å². The third-order valence-electron chi connectivity index (χ3n) is 7.84. The van der Waals surface area contributed by atoms with Crippen LogP contribution in [0.4, 0.5) is 17.6 Å². The van der Waals surface area contributed by atoms with Crippen molar-refractivity contribution < 1.29 is 22.3 Å². The molecule has 2 aliphatic carbocycles. The van der Waals surface area contributed by atoms with Gasteiger partial charge in [-0.15, -0.1) is 0 Å². The second-order valence-electron chi connectivity index (χ2n) is 10.1. The van der Waals surface area contributed by atoms with Gasteiger partial charge in [0, 0.05) is 6.07 Å². The Bertz CT molecular complexity index is 904. The van der Waals surface area contributed by atoms with Crippen LogP contribution in [0.1, 0.15) is 88.2 Å². The summed E-state index contributed by atoms with van der Waals surface area (Å²) < 4.78 is 59.9. The SMILES string of the molecule is CCCC1CCC(C2CCC(c3cc(F)cc(OCc4cc(F)c(F)c(F)c4)c3)CC2)CC1. The molecule has 0 heterocycles. The molecule has 0 atom stereocenters. The molecule has 0 bridgehead atoms. The molecule has 5 heteroatoms. The van der Waals surface area contributed by atoms with Crippen LogP contribution in [0.5, 0.6) is 5.75 Å². The van der Waals surface area contributed by atoms with Gasteiger partial charge in [-0.3, -0.25) is 0 Å². The highest BCUT2D eigenvalue weighted by Crippen LogP contribution is 2.45. The molecule has 1 nitrogen and oxygen atoms in total. The largest absolute Gasteiger partial charge is 0.489 e. The van der Waals surface area contributed by atoms with Crippen LogP contribution < -0.4 is 4.74 Å². The van der Waals surface area contributed by atoms with E-state index in [1.165, 1.54) is 57.4 Å². The lowest BCUT2D eigenvalue weighted by Gasteiger charge is -2.38. The summed E-state index contributed by atoms with van der Waals surface area (Å²) in [7, 11) is 0. The molecular formula is C28H34F4O. The van der Waals surface area contributed by atoms with Crippen molar-refractivity contribution >= 4 is 0 Å². The van der Waals surface area contributed by atoms with Crippen molar-refractivity contribution in [2.45, 2.75) is 83.7 Å². The molecule has 0 N–H and O–H groups in total. The van der Waals surface area contributed by atoms with E-state index in [1.807, 2.05) is 6.07 Å². The normalized spacial score (nSPS) is 25.7. The summed E-state index contributed by atoms with van der Waals surface area (Å²) in [6.45, 7) is 2.11. The molecule has 0 saturated heterocycles. The lowest BCUT2D eigenvalue weighted by Crippen LogP contribution is -2.25. The summed E-state index contributed by atoms with van der Waals surface area (Å²) in [5, 5.41) is 0. The Kier molecular flexibility index (Phi) is 7.98. The smallest absolute Gasteiger partial charge is 0.194 e. The number of benzene rings is 2. The third kappa shape index (κ3) is 6.10. The fourth-order valence-corrected chi connectivity index (χ4v) is 6.04. The van der Waals surface area contributed by atoms with Crippen LogP contribution >= 0.6 is 0 Å². The average Bonchev–Trinajstić information content (AvgIpc) is 2.81. The van der Waals surface area contributed by atoms with Gasteiger partial charge < -0.3 is 4.74 Å². The highest BCUT2D eigenvalue weighted by atomic mass is 19.2. The van der Waals surface area contributed by atoms with E-state index in [2.05, 4.69) is 6.92 Å². The third-order valence-corrected chi connectivity index (χ3v) is 7.84. The van der Waals surface area contributed by atoms with Crippen molar-refractivity contribution in [2.75, 3.05) is 0 Å². The highest BCUT2D eigenvalue weighted by Gasteiger charge is 2.31.